The van der Waals surface area contributed by atoms with Gasteiger partial charge in [0.2, 0.25) is 0 Å². The van der Waals surface area contributed by atoms with E-state index >= 15 is 0 Å². The van der Waals surface area contributed by atoms with Crippen molar-refractivity contribution < 1.29 is 9.18 Å². The summed E-state index contributed by atoms with van der Waals surface area (Å²) in [5.74, 6) is -1.28. The molecule has 1 amide bonds. The third-order valence-corrected chi connectivity index (χ3v) is 3.67. The van der Waals surface area contributed by atoms with Gasteiger partial charge >= 0.3 is 0 Å². The van der Waals surface area contributed by atoms with E-state index in [4.69, 9.17) is 11.6 Å². The standard InChI is InChI=1S/C16H13ClFN5O/c1-23-9-10(7-22-23)15-13(19-5-6-20-15)8-21-16(24)14-11(17)3-2-4-12(14)18/h2-7,9H,8H2,1H3,(H,21,24). The van der Waals surface area contributed by atoms with E-state index in [0.29, 0.717) is 11.4 Å². The second-order valence-corrected chi connectivity index (χ2v) is 5.44. The number of aryl methyl sites for hydroxylation is 1. The maximum atomic E-state index is 13.8. The molecule has 24 heavy (non-hydrogen) atoms. The predicted molar refractivity (Wildman–Crippen MR) is 86.8 cm³/mol. The highest BCUT2D eigenvalue weighted by molar-refractivity contribution is 6.33. The molecule has 0 atom stereocenters. The molecule has 0 aliphatic heterocycles. The van der Waals surface area contributed by atoms with Gasteiger partial charge in [-0.25, -0.2) is 4.39 Å². The van der Waals surface area contributed by atoms with Crippen LogP contribution >= 0.6 is 11.6 Å². The van der Waals surface area contributed by atoms with Crippen LogP contribution in [0.15, 0.2) is 43.0 Å². The number of hydrogen-bond donors (Lipinski definition) is 1. The van der Waals surface area contributed by atoms with E-state index < -0.39 is 11.7 Å². The Bertz CT molecular complexity index is 875. The third-order valence-electron chi connectivity index (χ3n) is 3.36. The molecule has 122 valence electrons. The van der Waals surface area contributed by atoms with Crippen molar-refractivity contribution in [2.45, 2.75) is 6.54 Å². The Kier molecular flexibility index (Phi) is 4.52. The van der Waals surface area contributed by atoms with Crippen LogP contribution in [0.1, 0.15) is 16.1 Å². The molecule has 0 saturated heterocycles. The molecule has 0 fully saturated rings. The molecule has 0 spiro atoms. The average molecular weight is 346 g/mol. The number of nitrogens with one attached hydrogen (secondary N) is 1. The number of rotatable bonds is 4. The molecular formula is C16H13ClFN5O. The number of halogens is 2. The van der Waals surface area contributed by atoms with Gasteiger partial charge in [0.05, 0.1) is 34.7 Å². The Morgan fingerprint density at radius 3 is 2.83 bits per heavy atom. The number of aromatic nitrogens is 4. The first-order chi connectivity index (χ1) is 11.6. The van der Waals surface area contributed by atoms with Crippen LogP contribution in [-0.4, -0.2) is 25.7 Å². The zero-order chi connectivity index (χ0) is 17.1. The molecule has 2 heterocycles. The highest BCUT2D eigenvalue weighted by atomic mass is 35.5. The van der Waals surface area contributed by atoms with Gasteiger partial charge in [-0.2, -0.15) is 5.10 Å². The van der Waals surface area contributed by atoms with Crippen molar-refractivity contribution in [2.24, 2.45) is 7.05 Å². The molecular weight excluding hydrogens is 333 g/mol. The van der Waals surface area contributed by atoms with Gasteiger partial charge in [-0.1, -0.05) is 17.7 Å². The molecule has 3 aromatic rings. The maximum absolute atomic E-state index is 13.8. The van der Waals surface area contributed by atoms with Crippen molar-refractivity contribution >= 4 is 17.5 Å². The van der Waals surface area contributed by atoms with Gasteiger partial charge < -0.3 is 5.32 Å². The largest absolute Gasteiger partial charge is 0.346 e. The van der Waals surface area contributed by atoms with Crippen molar-refractivity contribution in [1.82, 2.24) is 25.1 Å². The summed E-state index contributed by atoms with van der Waals surface area (Å²) in [5.41, 5.74) is 1.74. The van der Waals surface area contributed by atoms with Crippen molar-refractivity contribution in [3.63, 3.8) is 0 Å². The van der Waals surface area contributed by atoms with Crippen molar-refractivity contribution in [2.75, 3.05) is 0 Å². The van der Waals surface area contributed by atoms with E-state index in [0.717, 1.165) is 5.56 Å². The van der Waals surface area contributed by atoms with E-state index in [1.54, 1.807) is 30.3 Å². The molecule has 1 N–H and O–H groups in total. The number of carbonyl (C=O) groups is 1. The first kappa shape index (κ1) is 16.1. The first-order valence-corrected chi connectivity index (χ1v) is 7.45. The maximum Gasteiger partial charge on any atom is 0.256 e. The Morgan fingerprint density at radius 2 is 2.12 bits per heavy atom. The molecule has 0 saturated carbocycles. The number of amides is 1. The molecule has 0 aliphatic carbocycles. The Labute approximate surface area is 142 Å². The molecule has 0 bridgehead atoms. The van der Waals surface area contributed by atoms with E-state index in [-0.39, 0.29) is 17.1 Å². The minimum Gasteiger partial charge on any atom is -0.346 e. The van der Waals surface area contributed by atoms with E-state index in [1.165, 1.54) is 24.4 Å². The van der Waals surface area contributed by atoms with Crippen molar-refractivity contribution in [3.8, 4) is 11.3 Å². The Balaban J connectivity index is 1.82. The van der Waals surface area contributed by atoms with Gasteiger partial charge in [-0.05, 0) is 12.1 Å². The monoisotopic (exact) mass is 345 g/mol. The molecule has 6 nitrogen and oxygen atoms in total. The van der Waals surface area contributed by atoms with Crippen molar-refractivity contribution in [1.29, 1.82) is 0 Å². The van der Waals surface area contributed by atoms with Crippen LogP contribution in [0, 0.1) is 5.82 Å². The van der Waals surface area contributed by atoms with E-state index in [2.05, 4.69) is 20.4 Å². The SMILES string of the molecule is Cn1cc(-c2nccnc2CNC(=O)c2c(F)cccc2Cl)cn1. The van der Waals surface area contributed by atoms with E-state index in [9.17, 15) is 9.18 Å². The summed E-state index contributed by atoms with van der Waals surface area (Å²) in [4.78, 5) is 20.7. The van der Waals surface area contributed by atoms with Gasteiger partial charge in [0.15, 0.2) is 0 Å². The van der Waals surface area contributed by atoms with Crippen LogP contribution in [0.25, 0.3) is 11.3 Å². The fourth-order valence-electron chi connectivity index (χ4n) is 2.25. The van der Waals surface area contributed by atoms with Crippen LogP contribution < -0.4 is 5.32 Å². The zero-order valence-electron chi connectivity index (χ0n) is 12.7. The molecule has 0 unspecified atom stereocenters. The summed E-state index contributed by atoms with van der Waals surface area (Å²) in [6, 6.07) is 4.09. The van der Waals surface area contributed by atoms with Crippen LogP contribution in [-0.2, 0) is 13.6 Å². The zero-order valence-corrected chi connectivity index (χ0v) is 13.5. The number of hydrogen-bond acceptors (Lipinski definition) is 4. The molecule has 1 aromatic carbocycles. The highest BCUT2D eigenvalue weighted by Gasteiger charge is 2.17. The highest BCUT2D eigenvalue weighted by Crippen LogP contribution is 2.20. The van der Waals surface area contributed by atoms with Crippen LogP contribution in [0.4, 0.5) is 4.39 Å². The Morgan fingerprint density at radius 1 is 1.33 bits per heavy atom. The summed E-state index contributed by atoms with van der Waals surface area (Å²) >= 11 is 5.90. The summed E-state index contributed by atoms with van der Waals surface area (Å²) < 4.78 is 15.4. The predicted octanol–water partition coefficient (Wildman–Crippen LogP) is 2.60. The van der Waals surface area contributed by atoms with Gasteiger partial charge in [-0.15, -0.1) is 0 Å². The molecule has 0 radical (unpaired) electrons. The first-order valence-electron chi connectivity index (χ1n) is 7.07. The quantitative estimate of drug-likeness (QED) is 0.789. The number of carbonyl (C=O) groups excluding carboxylic acids is 1. The summed E-state index contributed by atoms with van der Waals surface area (Å²) in [5, 5.41) is 6.77. The summed E-state index contributed by atoms with van der Waals surface area (Å²) in [7, 11) is 1.79. The van der Waals surface area contributed by atoms with Crippen molar-refractivity contribution in [3.05, 3.63) is 65.1 Å². The summed E-state index contributed by atoms with van der Waals surface area (Å²) in [6.07, 6.45) is 6.53. The summed E-state index contributed by atoms with van der Waals surface area (Å²) in [6.45, 7) is 0.0849. The van der Waals surface area contributed by atoms with Gasteiger partial charge in [0.25, 0.3) is 5.91 Å². The van der Waals surface area contributed by atoms with Gasteiger partial charge in [-0.3, -0.25) is 19.4 Å². The number of benzene rings is 1. The second kappa shape index (κ2) is 6.76. The molecule has 3 rings (SSSR count). The Hall–Kier alpha value is -2.80. The van der Waals surface area contributed by atoms with E-state index in [1.807, 2.05) is 0 Å². The average Bonchev–Trinajstić information content (AvgIpc) is 2.99. The minimum atomic E-state index is -0.674. The lowest BCUT2D eigenvalue weighted by Gasteiger charge is -2.09. The number of nitrogens with zero attached hydrogens (tertiary/aromatic N) is 4. The molecule has 2 aromatic heterocycles. The lowest BCUT2D eigenvalue weighted by Crippen LogP contribution is -2.25. The third kappa shape index (κ3) is 3.26. The molecule has 0 aliphatic rings. The van der Waals surface area contributed by atoms with Gasteiger partial charge in [0, 0.05) is 31.2 Å². The lowest BCUT2D eigenvalue weighted by molar-refractivity contribution is 0.0946. The van der Waals surface area contributed by atoms with Crippen LogP contribution in [0.5, 0.6) is 0 Å². The fraction of sp³-hybridized carbons (Fsp3) is 0.125. The normalized spacial score (nSPS) is 10.6. The smallest absolute Gasteiger partial charge is 0.256 e. The van der Waals surface area contributed by atoms with Crippen LogP contribution in [0.3, 0.4) is 0 Å². The topological polar surface area (TPSA) is 72.7 Å². The minimum absolute atomic E-state index is 0.0547. The van der Waals surface area contributed by atoms with Gasteiger partial charge in [0.1, 0.15) is 5.82 Å². The molecule has 8 heteroatoms. The van der Waals surface area contributed by atoms with Crippen LogP contribution in [0.2, 0.25) is 5.02 Å². The second-order valence-electron chi connectivity index (χ2n) is 5.03. The fourth-order valence-corrected chi connectivity index (χ4v) is 2.50. The lowest BCUT2D eigenvalue weighted by atomic mass is 10.1.